The molecule has 0 aliphatic rings. The van der Waals surface area contributed by atoms with Gasteiger partial charge in [-0.15, -0.1) is 5.10 Å². The van der Waals surface area contributed by atoms with Crippen LogP contribution in [0.3, 0.4) is 0 Å². The molecule has 9 nitrogen and oxygen atoms in total. The minimum absolute atomic E-state index is 0.00757. The second-order valence-electron chi connectivity index (χ2n) is 6.04. The Bertz CT molecular complexity index is 1170. The first-order valence-electron chi connectivity index (χ1n) is 9.82. The molecule has 2 N–H and O–H groups in total. The van der Waals surface area contributed by atoms with Gasteiger partial charge in [-0.2, -0.15) is 20.1 Å². The number of likely N-dealkylation sites (N-methyl/N-ethyl adjacent to an activating group) is 1. The van der Waals surface area contributed by atoms with E-state index in [4.69, 9.17) is 20.5 Å². The van der Waals surface area contributed by atoms with Crippen molar-refractivity contribution < 1.29 is 18.0 Å². The van der Waals surface area contributed by atoms with Crippen LogP contribution in [0.5, 0.6) is 5.75 Å². The number of hydrogen-bond donors (Lipinski definition) is 2. The summed E-state index contributed by atoms with van der Waals surface area (Å²) in [4.78, 5) is 13.4. The number of carbonyl (C=O) groups is 1. The molecule has 0 bridgehead atoms. The number of anilines is 2. The van der Waals surface area contributed by atoms with E-state index in [1.54, 1.807) is 14.0 Å². The number of nitrogens with zero attached hydrogens (tertiary/aromatic N) is 5. The highest BCUT2D eigenvalue weighted by Gasteiger charge is 2.22. The van der Waals surface area contributed by atoms with Crippen LogP contribution in [-0.4, -0.2) is 45.2 Å². The maximum absolute atomic E-state index is 14.8. The van der Waals surface area contributed by atoms with E-state index in [9.17, 15) is 9.18 Å². The van der Waals surface area contributed by atoms with Gasteiger partial charge in [-0.25, -0.2) is 4.39 Å². The number of aromatic nitrogens is 5. The Morgan fingerprint density at radius 3 is 2.83 bits per heavy atom. The third-order valence-corrected chi connectivity index (χ3v) is 4.30. The van der Waals surface area contributed by atoms with E-state index in [1.807, 2.05) is 5.32 Å². The number of methoxy groups -OCH3 is 1. The van der Waals surface area contributed by atoms with Crippen LogP contribution >= 0.6 is 11.6 Å². The molecule has 0 saturated carbocycles. The Labute approximate surface area is 175 Å². The molecular formula is C18H19ClFN7O2. The van der Waals surface area contributed by atoms with Crippen LogP contribution in [0.2, 0.25) is 5.15 Å². The predicted molar refractivity (Wildman–Crippen MR) is 106 cm³/mol. The van der Waals surface area contributed by atoms with Crippen LogP contribution < -0.4 is 15.4 Å². The number of halogens is 2. The molecule has 0 fully saturated rings. The Balaban J connectivity index is 2.05. The van der Waals surface area contributed by atoms with Gasteiger partial charge in [-0.3, -0.25) is 4.79 Å². The van der Waals surface area contributed by atoms with Gasteiger partial charge >= 0.3 is 0 Å². The lowest BCUT2D eigenvalue weighted by molar-refractivity contribution is -0.120. The zero-order valence-electron chi connectivity index (χ0n) is 18.7. The van der Waals surface area contributed by atoms with Crippen molar-refractivity contribution in [1.29, 1.82) is 0 Å². The molecule has 0 saturated heterocycles. The van der Waals surface area contributed by atoms with Crippen LogP contribution in [0.15, 0.2) is 18.3 Å². The van der Waals surface area contributed by atoms with Crippen molar-refractivity contribution in [3.8, 4) is 17.0 Å². The molecule has 11 heteroatoms. The van der Waals surface area contributed by atoms with E-state index in [0.717, 1.165) is 0 Å². The van der Waals surface area contributed by atoms with Crippen LogP contribution in [0.25, 0.3) is 11.3 Å². The molecule has 2 heterocycles. The summed E-state index contributed by atoms with van der Waals surface area (Å²) in [7, 11) is 3.05. The second kappa shape index (κ2) is 8.39. The number of ether oxygens (including phenoxy) is 1. The van der Waals surface area contributed by atoms with Gasteiger partial charge in [0.1, 0.15) is 11.5 Å². The predicted octanol–water partition coefficient (Wildman–Crippen LogP) is 2.41. The topological polar surface area (TPSA) is 107 Å². The van der Waals surface area contributed by atoms with Crippen molar-refractivity contribution >= 4 is 28.9 Å². The largest absolute Gasteiger partial charge is 0.494 e. The molecule has 0 spiro atoms. The summed E-state index contributed by atoms with van der Waals surface area (Å²) in [6.45, 7) is -1.07. The van der Waals surface area contributed by atoms with Crippen molar-refractivity contribution in [1.82, 2.24) is 30.5 Å². The van der Waals surface area contributed by atoms with Gasteiger partial charge in [-0.05, 0) is 12.5 Å². The molecule has 29 heavy (non-hydrogen) atoms. The first-order valence-corrected chi connectivity index (χ1v) is 8.70. The molecule has 0 aliphatic carbocycles. The SMILES string of the molecule is [2H]C([2H])([2H])NC(=O)Cc1nnc(Cl)cc1Nc1cc(F)c(C)c(-c2cnn(C)n2)c1OC. The van der Waals surface area contributed by atoms with Gasteiger partial charge in [0.05, 0.1) is 42.4 Å². The number of rotatable bonds is 6. The van der Waals surface area contributed by atoms with E-state index in [0.29, 0.717) is 16.8 Å². The molecule has 2 aromatic heterocycles. The summed E-state index contributed by atoms with van der Waals surface area (Å²) in [5.41, 5.74) is 1.61. The third kappa shape index (κ3) is 4.27. The maximum Gasteiger partial charge on any atom is 0.225 e. The Hall–Kier alpha value is -3.27. The Morgan fingerprint density at radius 1 is 1.38 bits per heavy atom. The smallest absolute Gasteiger partial charge is 0.225 e. The van der Waals surface area contributed by atoms with E-state index >= 15 is 0 Å². The molecule has 152 valence electrons. The fraction of sp³-hybridized carbons (Fsp3) is 0.278. The van der Waals surface area contributed by atoms with E-state index in [1.165, 1.54) is 30.2 Å². The monoisotopic (exact) mass is 422 g/mol. The summed E-state index contributed by atoms with van der Waals surface area (Å²) in [6.07, 6.45) is 1.07. The first-order chi connectivity index (χ1) is 15.0. The lowest BCUT2D eigenvalue weighted by atomic mass is 10.0. The summed E-state index contributed by atoms with van der Waals surface area (Å²) >= 11 is 5.96. The number of hydrogen-bond acceptors (Lipinski definition) is 7. The van der Waals surface area contributed by atoms with E-state index in [2.05, 4.69) is 25.7 Å². The number of benzene rings is 1. The first kappa shape index (κ1) is 16.7. The van der Waals surface area contributed by atoms with Crippen molar-refractivity contribution in [2.45, 2.75) is 13.3 Å². The van der Waals surface area contributed by atoms with Gasteiger partial charge in [0.15, 0.2) is 10.9 Å². The molecule has 1 amide bonds. The second-order valence-corrected chi connectivity index (χ2v) is 6.42. The number of amides is 1. The average Bonchev–Trinajstić information content (AvgIpc) is 3.10. The van der Waals surface area contributed by atoms with E-state index < -0.39 is 25.1 Å². The van der Waals surface area contributed by atoms with Gasteiger partial charge in [0.25, 0.3) is 0 Å². The Kier molecular flexibility index (Phi) is 4.82. The lowest BCUT2D eigenvalue weighted by Gasteiger charge is -2.18. The third-order valence-electron chi connectivity index (χ3n) is 4.11. The van der Waals surface area contributed by atoms with Crippen LogP contribution in [0, 0.1) is 12.7 Å². The van der Waals surface area contributed by atoms with Crippen LogP contribution in [-0.2, 0) is 18.3 Å². The normalized spacial score (nSPS) is 12.7. The molecule has 1 aromatic carbocycles. The number of nitrogens with one attached hydrogen (secondary N) is 2. The van der Waals surface area contributed by atoms with Crippen molar-refractivity contribution in [2.24, 2.45) is 7.05 Å². The molecule has 0 radical (unpaired) electrons. The molecular weight excluding hydrogens is 401 g/mol. The van der Waals surface area contributed by atoms with Gasteiger partial charge in [-0.1, -0.05) is 11.6 Å². The molecule has 0 atom stereocenters. The summed E-state index contributed by atoms with van der Waals surface area (Å²) in [5, 5.41) is 20.7. The average molecular weight is 423 g/mol. The minimum Gasteiger partial charge on any atom is -0.494 e. The summed E-state index contributed by atoms with van der Waals surface area (Å²) in [5.74, 6) is -1.06. The number of carbonyl (C=O) groups excluding carboxylic acids is 1. The molecule has 3 aromatic rings. The fourth-order valence-electron chi connectivity index (χ4n) is 2.77. The van der Waals surface area contributed by atoms with Crippen molar-refractivity contribution in [3.05, 3.63) is 40.6 Å². The zero-order chi connectivity index (χ0) is 23.6. The highest BCUT2D eigenvalue weighted by Crippen LogP contribution is 2.41. The zero-order valence-corrected chi connectivity index (χ0v) is 16.5. The summed E-state index contributed by atoms with van der Waals surface area (Å²) in [6, 6.07) is 2.60. The molecule has 3 rings (SSSR count). The van der Waals surface area contributed by atoms with Gasteiger partial charge in [0, 0.05) is 30.3 Å². The Morgan fingerprint density at radius 2 is 2.17 bits per heavy atom. The maximum atomic E-state index is 14.8. The standard InChI is InChI=1S/C18H19ClFN7O2/c1-9-10(20)5-13(18(29-4)17(9)14-8-22-27(3)26-14)23-11-6-15(19)25-24-12(11)7-16(28)21-2/h5-6,8H,7H2,1-4H3,(H,21,28)(H,23,25)/i2D3. The minimum atomic E-state index is -2.65. The molecule has 0 aliphatic heterocycles. The highest BCUT2D eigenvalue weighted by atomic mass is 35.5. The van der Waals surface area contributed by atoms with Crippen LogP contribution in [0.1, 0.15) is 15.4 Å². The van der Waals surface area contributed by atoms with Crippen molar-refractivity contribution in [2.75, 3.05) is 19.4 Å². The quantitative estimate of drug-likeness (QED) is 0.628. The summed E-state index contributed by atoms with van der Waals surface area (Å²) < 4.78 is 41.8. The fourth-order valence-corrected chi connectivity index (χ4v) is 2.92. The number of aryl methyl sites for hydroxylation is 1. The van der Waals surface area contributed by atoms with E-state index in [-0.39, 0.29) is 28.0 Å². The van der Waals surface area contributed by atoms with Gasteiger partial charge in [0.2, 0.25) is 5.91 Å². The molecule has 0 unspecified atom stereocenters. The lowest BCUT2D eigenvalue weighted by Crippen LogP contribution is -2.21. The highest BCUT2D eigenvalue weighted by molar-refractivity contribution is 6.29. The van der Waals surface area contributed by atoms with Gasteiger partial charge < -0.3 is 15.4 Å². The van der Waals surface area contributed by atoms with Crippen LogP contribution in [0.4, 0.5) is 15.8 Å². The van der Waals surface area contributed by atoms with Crippen molar-refractivity contribution in [3.63, 3.8) is 0 Å².